The van der Waals surface area contributed by atoms with Crippen LogP contribution in [0.25, 0.3) is 0 Å². The average Bonchev–Trinajstić information content (AvgIpc) is 2.34. The highest BCUT2D eigenvalue weighted by Crippen LogP contribution is 2.28. The third kappa shape index (κ3) is 3.16. The molecule has 5 heteroatoms. The van der Waals surface area contributed by atoms with Crippen LogP contribution < -0.4 is 10.6 Å². The molecule has 0 bridgehead atoms. The molecule has 1 aromatic heterocycles. The molecular formula is C14H21N3O2. The Morgan fingerprint density at radius 3 is 2.89 bits per heavy atom. The molecule has 2 rings (SSSR count). The number of hydrogen-bond donors (Lipinski definition) is 1. The molecule has 0 saturated heterocycles. The summed E-state index contributed by atoms with van der Waals surface area (Å²) in [5.41, 5.74) is 6.53. The van der Waals surface area contributed by atoms with Crippen molar-refractivity contribution in [2.75, 3.05) is 30.8 Å². The van der Waals surface area contributed by atoms with Gasteiger partial charge in [-0.2, -0.15) is 0 Å². The summed E-state index contributed by atoms with van der Waals surface area (Å²) in [5, 5.41) is 0. The number of ether oxygens (including phenoxy) is 1. The van der Waals surface area contributed by atoms with Crippen molar-refractivity contribution in [3.05, 3.63) is 17.8 Å². The second-order valence-electron chi connectivity index (χ2n) is 5.03. The molecule has 1 aliphatic rings. The van der Waals surface area contributed by atoms with Crippen LogP contribution in [0.4, 0.5) is 11.5 Å². The molecule has 1 heterocycles. The lowest BCUT2D eigenvalue weighted by Gasteiger charge is -2.30. The van der Waals surface area contributed by atoms with E-state index >= 15 is 0 Å². The van der Waals surface area contributed by atoms with Gasteiger partial charge in [-0.05, 0) is 31.7 Å². The predicted octanol–water partition coefficient (Wildman–Crippen LogP) is 2.08. The van der Waals surface area contributed by atoms with E-state index in [0.29, 0.717) is 17.9 Å². The molecule has 0 aromatic carbocycles. The molecule has 0 amide bonds. The second kappa shape index (κ2) is 5.91. The number of carbonyl (C=O) groups excluding carboxylic acids is 1. The van der Waals surface area contributed by atoms with E-state index < -0.39 is 0 Å². The van der Waals surface area contributed by atoms with E-state index in [0.717, 1.165) is 18.3 Å². The van der Waals surface area contributed by atoms with Gasteiger partial charge in [0.05, 0.1) is 24.1 Å². The molecule has 0 spiro atoms. The van der Waals surface area contributed by atoms with E-state index in [-0.39, 0.29) is 5.97 Å². The summed E-state index contributed by atoms with van der Waals surface area (Å²) in [6.07, 6.45) is 5.41. The Hall–Kier alpha value is -1.78. The minimum Gasteiger partial charge on any atom is -0.462 e. The Balaban J connectivity index is 2.12. The smallest absolute Gasteiger partial charge is 0.340 e. The Morgan fingerprint density at radius 2 is 2.32 bits per heavy atom. The fourth-order valence-electron chi connectivity index (χ4n) is 2.21. The Kier molecular flexibility index (Phi) is 4.24. The molecule has 104 valence electrons. The topological polar surface area (TPSA) is 68.5 Å². The molecule has 1 fully saturated rings. The van der Waals surface area contributed by atoms with Gasteiger partial charge in [0.2, 0.25) is 0 Å². The third-order valence-corrected chi connectivity index (χ3v) is 3.56. The highest BCUT2D eigenvalue weighted by molar-refractivity contribution is 5.95. The molecule has 0 atom stereocenters. The molecular weight excluding hydrogens is 242 g/mol. The first-order chi connectivity index (χ1) is 9.11. The lowest BCUT2D eigenvalue weighted by molar-refractivity contribution is 0.0527. The third-order valence-electron chi connectivity index (χ3n) is 3.56. The van der Waals surface area contributed by atoms with Gasteiger partial charge in [-0.25, -0.2) is 9.78 Å². The highest BCUT2D eigenvalue weighted by Gasteiger charge is 2.21. The van der Waals surface area contributed by atoms with Gasteiger partial charge in [-0.3, -0.25) is 0 Å². The quantitative estimate of drug-likeness (QED) is 0.824. The fraction of sp³-hybridized carbons (Fsp3) is 0.571. The van der Waals surface area contributed by atoms with Gasteiger partial charge >= 0.3 is 5.97 Å². The first kappa shape index (κ1) is 13.6. The van der Waals surface area contributed by atoms with E-state index in [9.17, 15) is 4.79 Å². The maximum atomic E-state index is 11.8. The van der Waals surface area contributed by atoms with Crippen molar-refractivity contribution in [3.8, 4) is 0 Å². The molecule has 0 unspecified atom stereocenters. The Labute approximate surface area is 113 Å². The monoisotopic (exact) mass is 263 g/mol. The van der Waals surface area contributed by atoms with E-state index in [2.05, 4.69) is 9.88 Å². The average molecular weight is 263 g/mol. The van der Waals surface area contributed by atoms with Crippen LogP contribution in [0.5, 0.6) is 0 Å². The maximum Gasteiger partial charge on any atom is 0.340 e. The van der Waals surface area contributed by atoms with Crippen LogP contribution in [0, 0.1) is 5.92 Å². The van der Waals surface area contributed by atoms with Crippen molar-refractivity contribution >= 4 is 17.5 Å². The number of nitrogens with zero attached hydrogens (tertiary/aromatic N) is 2. The summed E-state index contributed by atoms with van der Waals surface area (Å²) in [6.45, 7) is 3.09. The van der Waals surface area contributed by atoms with Crippen LogP contribution in [-0.2, 0) is 4.74 Å². The van der Waals surface area contributed by atoms with Gasteiger partial charge in [0.15, 0.2) is 0 Å². The van der Waals surface area contributed by atoms with Gasteiger partial charge in [-0.1, -0.05) is 6.42 Å². The molecule has 1 aromatic rings. The number of esters is 1. The summed E-state index contributed by atoms with van der Waals surface area (Å²) in [4.78, 5) is 18.1. The van der Waals surface area contributed by atoms with E-state index in [4.69, 9.17) is 10.5 Å². The number of pyridine rings is 1. The number of anilines is 2. The number of hydrogen-bond acceptors (Lipinski definition) is 5. The lowest BCUT2D eigenvalue weighted by atomic mass is 9.85. The Morgan fingerprint density at radius 1 is 1.58 bits per heavy atom. The van der Waals surface area contributed by atoms with E-state index in [1.807, 2.05) is 7.05 Å². The van der Waals surface area contributed by atoms with Gasteiger partial charge < -0.3 is 15.4 Å². The zero-order valence-electron chi connectivity index (χ0n) is 11.6. The van der Waals surface area contributed by atoms with Gasteiger partial charge in [0, 0.05) is 13.6 Å². The van der Waals surface area contributed by atoms with Crippen molar-refractivity contribution in [1.82, 2.24) is 4.98 Å². The summed E-state index contributed by atoms with van der Waals surface area (Å²) in [7, 11) is 1.99. The van der Waals surface area contributed by atoms with E-state index in [1.165, 1.54) is 25.5 Å². The molecule has 0 radical (unpaired) electrons. The minimum atomic E-state index is -0.388. The van der Waals surface area contributed by atoms with Crippen molar-refractivity contribution in [3.63, 3.8) is 0 Å². The van der Waals surface area contributed by atoms with Gasteiger partial charge in [-0.15, -0.1) is 0 Å². The molecule has 5 nitrogen and oxygen atoms in total. The fourth-order valence-corrected chi connectivity index (χ4v) is 2.21. The number of rotatable bonds is 5. The SMILES string of the molecule is CCOC(=O)c1cc(N(C)CC2CCC2)ncc1N. The van der Waals surface area contributed by atoms with Crippen LogP contribution in [0.15, 0.2) is 12.3 Å². The van der Waals surface area contributed by atoms with Crippen LogP contribution in [-0.4, -0.2) is 31.2 Å². The minimum absolute atomic E-state index is 0.341. The summed E-state index contributed by atoms with van der Waals surface area (Å²) in [6, 6.07) is 1.71. The van der Waals surface area contributed by atoms with E-state index in [1.54, 1.807) is 13.0 Å². The van der Waals surface area contributed by atoms with Crippen molar-refractivity contribution in [2.24, 2.45) is 5.92 Å². The summed E-state index contributed by atoms with van der Waals surface area (Å²) >= 11 is 0. The first-order valence-electron chi connectivity index (χ1n) is 6.75. The molecule has 1 saturated carbocycles. The van der Waals surface area contributed by atoms with Crippen LogP contribution in [0.1, 0.15) is 36.5 Å². The molecule has 2 N–H and O–H groups in total. The second-order valence-corrected chi connectivity index (χ2v) is 5.03. The highest BCUT2D eigenvalue weighted by atomic mass is 16.5. The van der Waals surface area contributed by atoms with Crippen LogP contribution in [0.3, 0.4) is 0 Å². The first-order valence-corrected chi connectivity index (χ1v) is 6.75. The van der Waals surface area contributed by atoms with Crippen LogP contribution in [0.2, 0.25) is 0 Å². The zero-order chi connectivity index (χ0) is 13.8. The number of nitrogens with two attached hydrogens (primary N) is 1. The number of nitrogen functional groups attached to an aromatic ring is 1. The van der Waals surface area contributed by atoms with Crippen LogP contribution >= 0.6 is 0 Å². The normalized spacial score (nSPS) is 14.8. The number of carbonyl (C=O) groups is 1. The predicted molar refractivity (Wildman–Crippen MR) is 75.2 cm³/mol. The zero-order valence-corrected chi connectivity index (χ0v) is 11.6. The number of aromatic nitrogens is 1. The van der Waals surface area contributed by atoms with Crippen molar-refractivity contribution in [1.29, 1.82) is 0 Å². The largest absolute Gasteiger partial charge is 0.462 e. The summed E-state index contributed by atoms with van der Waals surface area (Å²) < 4.78 is 4.99. The van der Waals surface area contributed by atoms with Crippen molar-refractivity contribution < 1.29 is 9.53 Å². The Bertz CT molecular complexity index is 458. The molecule has 0 aliphatic heterocycles. The molecule has 1 aliphatic carbocycles. The maximum absolute atomic E-state index is 11.8. The van der Waals surface area contributed by atoms with Gasteiger partial charge in [0.1, 0.15) is 5.82 Å². The summed E-state index contributed by atoms with van der Waals surface area (Å²) in [5.74, 6) is 1.13. The van der Waals surface area contributed by atoms with Crippen molar-refractivity contribution in [2.45, 2.75) is 26.2 Å². The lowest BCUT2D eigenvalue weighted by Crippen LogP contribution is -2.30. The van der Waals surface area contributed by atoms with Gasteiger partial charge in [0.25, 0.3) is 0 Å². The molecule has 19 heavy (non-hydrogen) atoms. The standard InChI is InChI=1S/C14H21N3O2/c1-3-19-14(18)11-7-13(16-8-12(11)15)17(2)9-10-5-4-6-10/h7-8,10H,3-6,9,15H2,1-2H3.